The number of nitrogens with zero attached hydrogens (tertiary/aromatic N) is 5. The van der Waals surface area contributed by atoms with E-state index in [-0.39, 0.29) is 0 Å². The number of rotatable bonds is 6. The van der Waals surface area contributed by atoms with Gasteiger partial charge in [0.2, 0.25) is 5.89 Å². The zero-order valence-electron chi connectivity index (χ0n) is 13.2. The maximum absolute atomic E-state index is 5.83. The molecule has 22 heavy (non-hydrogen) atoms. The lowest BCUT2D eigenvalue weighted by Gasteiger charge is -2.17. The minimum Gasteiger partial charge on any atom is -0.416 e. The fourth-order valence-electron chi connectivity index (χ4n) is 2.82. The molecule has 1 aliphatic rings. The number of thioether (sulfide) groups is 1. The Kier molecular flexibility index (Phi) is 5.12. The quantitative estimate of drug-likeness (QED) is 0.756. The van der Waals surface area contributed by atoms with Crippen molar-refractivity contribution in [2.75, 3.05) is 0 Å². The minimum absolute atomic E-state index is 0.459. The number of hydrogen-bond acceptors (Lipinski definition) is 6. The van der Waals surface area contributed by atoms with Gasteiger partial charge < -0.3 is 4.42 Å². The summed E-state index contributed by atoms with van der Waals surface area (Å²) >= 11 is 1.54. The van der Waals surface area contributed by atoms with Gasteiger partial charge in [-0.25, -0.2) is 9.67 Å². The van der Waals surface area contributed by atoms with Gasteiger partial charge in [-0.2, -0.15) is 5.10 Å². The van der Waals surface area contributed by atoms with Crippen molar-refractivity contribution in [3.05, 3.63) is 18.0 Å². The summed E-state index contributed by atoms with van der Waals surface area (Å²) in [6.07, 6.45) is 7.84. The summed E-state index contributed by atoms with van der Waals surface area (Å²) in [5.74, 6) is 3.48. The van der Waals surface area contributed by atoms with Gasteiger partial charge in [-0.15, -0.1) is 10.2 Å². The highest BCUT2D eigenvalue weighted by atomic mass is 32.2. The van der Waals surface area contributed by atoms with Crippen molar-refractivity contribution in [2.45, 2.75) is 69.4 Å². The van der Waals surface area contributed by atoms with E-state index < -0.39 is 0 Å². The summed E-state index contributed by atoms with van der Waals surface area (Å²) in [6.45, 7) is 5.23. The molecule has 0 N–H and O–H groups in total. The SMILES string of the molecule is CC(C)Cn1ncnc1CSc1nnc(C2CCCCC2)o1. The fourth-order valence-corrected chi connectivity index (χ4v) is 3.54. The first-order valence-corrected chi connectivity index (χ1v) is 9.04. The molecule has 0 aliphatic heterocycles. The van der Waals surface area contributed by atoms with Gasteiger partial charge in [-0.1, -0.05) is 44.9 Å². The molecule has 1 aliphatic carbocycles. The normalized spacial score (nSPS) is 16.5. The Morgan fingerprint density at radius 2 is 2.09 bits per heavy atom. The molecule has 7 heteroatoms. The maximum Gasteiger partial charge on any atom is 0.277 e. The number of hydrogen-bond donors (Lipinski definition) is 0. The average molecular weight is 321 g/mol. The lowest BCUT2D eigenvalue weighted by atomic mass is 9.89. The Balaban J connectivity index is 1.58. The van der Waals surface area contributed by atoms with Crippen LogP contribution in [0.1, 0.15) is 63.6 Å². The first kappa shape index (κ1) is 15.5. The lowest BCUT2D eigenvalue weighted by Crippen LogP contribution is -2.09. The van der Waals surface area contributed by atoms with E-state index in [4.69, 9.17) is 4.42 Å². The molecule has 0 saturated heterocycles. The molecule has 0 amide bonds. The summed E-state index contributed by atoms with van der Waals surface area (Å²) in [6, 6.07) is 0. The molecule has 0 bridgehead atoms. The topological polar surface area (TPSA) is 69.6 Å². The molecule has 6 nitrogen and oxygen atoms in total. The molecule has 2 aromatic rings. The third-order valence-electron chi connectivity index (χ3n) is 3.94. The molecule has 120 valence electrons. The van der Waals surface area contributed by atoms with E-state index in [0.29, 0.717) is 22.8 Å². The molecule has 1 saturated carbocycles. The summed E-state index contributed by atoms with van der Waals surface area (Å²) in [5, 5.41) is 13.3. The van der Waals surface area contributed by atoms with Crippen LogP contribution in [0.4, 0.5) is 0 Å². The Morgan fingerprint density at radius 1 is 1.27 bits per heavy atom. The molecule has 0 spiro atoms. The standard InChI is InChI=1S/C15H23N5OS/c1-11(2)8-20-13(16-10-17-20)9-22-15-19-18-14(21-15)12-6-4-3-5-7-12/h10-12H,3-9H2,1-2H3. The molecule has 1 fully saturated rings. The second kappa shape index (κ2) is 7.26. The summed E-state index contributed by atoms with van der Waals surface area (Å²) in [5.41, 5.74) is 0. The first-order valence-electron chi connectivity index (χ1n) is 8.05. The van der Waals surface area contributed by atoms with Crippen LogP contribution >= 0.6 is 11.8 Å². The van der Waals surface area contributed by atoms with Crippen molar-refractivity contribution in [1.82, 2.24) is 25.0 Å². The Morgan fingerprint density at radius 3 is 2.86 bits per heavy atom. The van der Waals surface area contributed by atoms with Crippen molar-refractivity contribution >= 4 is 11.8 Å². The van der Waals surface area contributed by atoms with Gasteiger partial charge in [0.15, 0.2) is 0 Å². The van der Waals surface area contributed by atoms with E-state index in [1.165, 1.54) is 32.1 Å². The lowest BCUT2D eigenvalue weighted by molar-refractivity contribution is 0.334. The van der Waals surface area contributed by atoms with Crippen LogP contribution in [0.3, 0.4) is 0 Å². The molecular weight excluding hydrogens is 298 g/mol. The Hall–Kier alpha value is -1.37. The molecule has 0 radical (unpaired) electrons. The zero-order chi connectivity index (χ0) is 15.4. The van der Waals surface area contributed by atoms with E-state index in [0.717, 1.165) is 18.3 Å². The van der Waals surface area contributed by atoms with Crippen LogP contribution in [0.2, 0.25) is 0 Å². The fraction of sp³-hybridized carbons (Fsp3) is 0.733. The van der Waals surface area contributed by atoms with Gasteiger partial charge in [-0.05, 0) is 18.8 Å². The molecule has 2 aromatic heterocycles. The van der Waals surface area contributed by atoms with E-state index in [2.05, 4.69) is 34.1 Å². The maximum atomic E-state index is 5.83. The van der Waals surface area contributed by atoms with Crippen LogP contribution in [-0.4, -0.2) is 25.0 Å². The van der Waals surface area contributed by atoms with Gasteiger partial charge in [-0.3, -0.25) is 0 Å². The van der Waals surface area contributed by atoms with E-state index >= 15 is 0 Å². The van der Waals surface area contributed by atoms with Crippen molar-refractivity contribution in [3.63, 3.8) is 0 Å². The van der Waals surface area contributed by atoms with Gasteiger partial charge in [0.05, 0.1) is 5.75 Å². The van der Waals surface area contributed by atoms with Crippen LogP contribution in [0.15, 0.2) is 16.0 Å². The van der Waals surface area contributed by atoms with Gasteiger partial charge in [0, 0.05) is 12.5 Å². The smallest absolute Gasteiger partial charge is 0.277 e. The predicted molar refractivity (Wildman–Crippen MR) is 84.5 cm³/mol. The van der Waals surface area contributed by atoms with E-state index in [1.54, 1.807) is 18.1 Å². The average Bonchev–Trinajstić information content (AvgIpc) is 3.15. The highest BCUT2D eigenvalue weighted by Gasteiger charge is 2.21. The first-order chi connectivity index (χ1) is 10.7. The summed E-state index contributed by atoms with van der Waals surface area (Å²) < 4.78 is 7.78. The van der Waals surface area contributed by atoms with Crippen molar-refractivity contribution in [2.24, 2.45) is 5.92 Å². The van der Waals surface area contributed by atoms with Crippen LogP contribution in [-0.2, 0) is 12.3 Å². The minimum atomic E-state index is 0.459. The summed E-state index contributed by atoms with van der Waals surface area (Å²) in [4.78, 5) is 4.32. The molecule has 2 heterocycles. The highest BCUT2D eigenvalue weighted by molar-refractivity contribution is 7.98. The van der Waals surface area contributed by atoms with Gasteiger partial charge in [0.25, 0.3) is 5.22 Å². The monoisotopic (exact) mass is 321 g/mol. The second-order valence-corrected chi connectivity index (χ2v) is 7.21. The summed E-state index contributed by atoms with van der Waals surface area (Å²) in [7, 11) is 0. The largest absolute Gasteiger partial charge is 0.416 e. The van der Waals surface area contributed by atoms with Crippen LogP contribution in [0.25, 0.3) is 0 Å². The van der Waals surface area contributed by atoms with Crippen molar-refractivity contribution in [3.8, 4) is 0 Å². The molecular formula is C15H23N5OS. The molecule has 3 rings (SSSR count). The van der Waals surface area contributed by atoms with Crippen molar-refractivity contribution in [1.29, 1.82) is 0 Å². The van der Waals surface area contributed by atoms with Crippen LogP contribution < -0.4 is 0 Å². The molecule has 0 unspecified atom stereocenters. The predicted octanol–water partition coefficient (Wildman–Crippen LogP) is 3.66. The van der Waals surface area contributed by atoms with Crippen molar-refractivity contribution < 1.29 is 4.42 Å². The zero-order valence-corrected chi connectivity index (χ0v) is 14.1. The van der Waals surface area contributed by atoms with Crippen LogP contribution in [0.5, 0.6) is 0 Å². The third-order valence-corrected chi connectivity index (χ3v) is 4.75. The molecule has 0 aromatic carbocycles. The Bertz CT molecular complexity index is 588. The molecule has 0 atom stereocenters. The third kappa shape index (κ3) is 3.88. The Labute approximate surface area is 135 Å². The van der Waals surface area contributed by atoms with Crippen LogP contribution in [0, 0.1) is 5.92 Å². The second-order valence-electron chi connectivity index (χ2n) is 6.28. The number of aromatic nitrogens is 5. The van der Waals surface area contributed by atoms with Gasteiger partial charge in [0.1, 0.15) is 12.2 Å². The van der Waals surface area contributed by atoms with E-state index in [1.807, 2.05) is 4.68 Å². The van der Waals surface area contributed by atoms with E-state index in [9.17, 15) is 0 Å². The van der Waals surface area contributed by atoms with Gasteiger partial charge >= 0.3 is 0 Å². The highest BCUT2D eigenvalue weighted by Crippen LogP contribution is 2.33.